The van der Waals surface area contributed by atoms with E-state index < -0.39 is 20.5 Å². The highest BCUT2D eigenvalue weighted by molar-refractivity contribution is 7.89. The number of sulfonamides is 1. The maximum atomic E-state index is 12.4. The van der Waals surface area contributed by atoms with Crippen molar-refractivity contribution < 1.29 is 18.4 Å². The molecule has 1 aromatic rings. The van der Waals surface area contributed by atoms with Crippen LogP contribution in [0, 0.1) is 10.1 Å². The lowest BCUT2D eigenvalue weighted by molar-refractivity contribution is -0.384. The molecule has 0 unspecified atom stereocenters. The van der Waals surface area contributed by atoms with Crippen molar-refractivity contribution in [3.05, 3.63) is 33.3 Å². The molecule has 1 saturated heterocycles. The van der Waals surface area contributed by atoms with Crippen molar-refractivity contribution in [3.63, 3.8) is 0 Å². The molecule has 0 atom stereocenters. The number of nitro benzene ring substituents is 1. The third-order valence-electron chi connectivity index (χ3n) is 3.40. The first-order valence-corrected chi connectivity index (χ1v) is 8.18. The van der Waals surface area contributed by atoms with Crippen LogP contribution in [-0.4, -0.2) is 41.4 Å². The van der Waals surface area contributed by atoms with Crippen molar-refractivity contribution in [1.82, 2.24) is 4.31 Å². The second kappa shape index (κ2) is 5.53. The molecule has 0 aromatic heterocycles. The number of halogens is 1. The van der Waals surface area contributed by atoms with Crippen LogP contribution in [0.4, 0.5) is 5.69 Å². The number of β-amino-alcohol motifs (C(OH)–C–C–N with tert-alkyl or cyclic N) is 1. The van der Waals surface area contributed by atoms with Gasteiger partial charge in [0, 0.05) is 25.2 Å². The highest BCUT2D eigenvalue weighted by atomic mass is 35.5. The summed E-state index contributed by atoms with van der Waals surface area (Å²) in [6, 6.07) is 3.22. The normalized spacial score (nSPS) is 18.2. The lowest BCUT2D eigenvalue weighted by atomic mass is 9.92. The smallest absolute Gasteiger partial charge is 0.271 e. The number of non-ortho nitro benzene ring substituents is 1. The Morgan fingerprint density at radius 3 is 2.57 bits per heavy atom. The van der Waals surface area contributed by atoms with Crippen molar-refractivity contribution in [2.24, 2.45) is 0 Å². The van der Waals surface area contributed by atoms with Gasteiger partial charge in [0.2, 0.25) is 10.0 Å². The summed E-state index contributed by atoms with van der Waals surface area (Å²) in [5, 5.41) is 20.5. The third kappa shape index (κ3) is 3.03. The molecular formula is C12H15ClN2O5S. The summed E-state index contributed by atoms with van der Waals surface area (Å²) in [6.07, 6.45) is 1.27. The first-order chi connectivity index (χ1) is 9.69. The Bertz CT molecular complexity index is 670. The van der Waals surface area contributed by atoms with Crippen LogP contribution in [0.1, 0.15) is 19.8 Å². The van der Waals surface area contributed by atoms with Gasteiger partial charge >= 0.3 is 0 Å². The topological polar surface area (TPSA) is 101 Å². The summed E-state index contributed by atoms with van der Waals surface area (Å²) in [4.78, 5) is 9.79. The van der Waals surface area contributed by atoms with E-state index in [1.807, 2.05) is 6.92 Å². The van der Waals surface area contributed by atoms with Gasteiger partial charge in [-0.05, 0) is 12.5 Å². The molecule has 1 heterocycles. The number of nitrogens with zero attached hydrogens (tertiary/aromatic N) is 2. The Morgan fingerprint density at radius 1 is 1.48 bits per heavy atom. The van der Waals surface area contributed by atoms with E-state index in [4.69, 9.17) is 11.6 Å². The van der Waals surface area contributed by atoms with Crippen LogP contribution in [0.25, 0.3) is 0 Å². The largest absolute Gasteiger partial charge is 0.387 e. The van der Waals surface area contributed by atoms with E-state index in [2.05, 4.69) is 0 Å². The van der Waals surface area contributed by atoms with E-state index in [-0.39, 0.29) is 28.7 Å². The standard InChI is InChI=1S/C12H15ClN2O5S/c1-2-5-12(16)7-14(8-12)21(19,20)11-4-3-9(15(17)18)6-10(11)13/h3-4,6,16H,2,5,7-8H2,1H3. The summed E-state index contributed by atoms with van der Waals surface area (Å²) in [5.74, 6) is 0. The lowest BCUT2D eigenvalue weighted by Crippen LogP contribution is -2.63. The summed E-state index contributed by atoms with van der Waals surface area (Å²) >= 11 is 5.84. The molecular weight excluding hydrogens is 320 g/mol. The quantitative estimate of drug-likeness (QED) is 0.653. The third-order valence-corrected chi connectivity index (χ3v) is 5.68. The van der Waals surface area contributed by atoms with Crippen LogP contribution < -0.4 is 0 Å². The molecule has 2 rings (SSSR count). The van der Waals surface area contributed by atoms with Gasteiger partial charge in [0.15, 0.2) is 0 Å². The summed E-state index contributed by atoms with van der Waals surface area (Å²) in [6.45, 7) is 1.93. The predicted octanol–water partition coefficient (Wildman–Crippen LogP) is 1.78. The van der Waals surface area contributed by atoms with Crippen LogP contribution >= 0.6 is 11.6 Å². The van der Waals surface area contributed by atoms with Crippen molar-refractivity contribution in [1.29, 1.82) is 0 Å². The van der Waals surface area contributed by atoms with Crippen molar-refractivity contribution in [2.45, 2.75) is 30.3 Å². The van der Waals surface area contributed by atoms with E-state index in [0.29, 0.717) is 6.42 Å². The zero-order valence-electron chi connectivity index (χ0n) is 11.3. The molecule has 0 aliphatic carbocycles. The van der Waals surface area contributed by atoms with Crippen LogP contribution in [0.3, 0.4) is 0 Å². The van der Waals surface area contributed by atoms with E-state index in [0.717, 1.165) is 28.9 Å². The van der Waals surface area contributed by atoms with Gasteiger partial charge in [-0.2, -0.15) is 4.31 Å². The molecule has 1 aromatic carbocycles. The summed E-state index contributed by atoms with van der Waals surface area (Å²) < 4.78 is 25.9. The second-order valence-electron chi connectivity index (χ2n) is 5.12. The average molecular weight is 335 g/mol. The highest BCUT2D eigenvalue weighted by Crippen LogP contribution is 2.34. The van der Waals surface area contributed by atoms with E-state index in [1.165, 1.54) is 0 Å². The number of rotatable bonds is 5. The Morgan fingerprint density at radius 2 is 2.10 bits per heavy atom. The van der Waals surface area contributed by atoms with Gasteiger partial charge < -0.3 is 5.11 Å². The Kier molecular flexibility index (Phi) is 4.25. The highest BCUT2D eigenvalue weighted by Gasteiger charge is 2.47. The molecule has 21 heavy (non-hydrogen) atoms. The number of nitro groups is 1. The van der Waals surface area contributed by atoms with Crippen molar-refractivity contribution in [2.75, 3.05) is 13.1 Å². The monoisotopic (exact) mass is 334 g/mol. The first-order valence-electron chi connectivity index (χ1n) is 6.36. The van der Waals surface area contributed by atoms with Gasteiger partial charge in [-0.25, -0.2) is 8.42 Å². The summed E-state index contributed by atoms with van der Waals surface area (Å²) in [5.41, 5.74) is -1.26. The molecule has 116 valence electrons. The van der Waals surface area contributed by atoms with Gasteiger partial charge in [-0.15, -0.1) is 0 Å². The number of aliphatic hydroxyl groups is 1. The lowest BCUT2D eigenvalue weighted by Gasteiger charge is -2.45. The molecule has 0 bridgehead atoms. The maximum absolute atomic E-state index is 12.4. The van der Waals surface area contributed by atoms with E-state index in [9.17, 15) is 23.6 Å². The van der Waals surface area contributed by atoms with Gasteiger partial charge in [-0.1, -0.05) is 24.9 Å². The Hall–Kier alpha value is -1.22. The first kappa shape index (κ1) is 16.2. The molecule has 9 heteroatoms. The van der Waals surface area contributed by atoms with Gasteiger partial charge in [0.05, 0.1) is 15.5 Å². The molecule has 7 nitrogen and oxygen atoms in total. The molecule has 0 saturated carbocycles. The second-order valence-corrected chi connectivity index (χ2v) is 7.43. The molecule has 1 N–H and O–H groups in total. The minimum absolute atomic E-state index is 0.0104. The molecule has 1 aliphatic heterocycles. The van der Waals surface area contributed by atoms with Crippen molar-refractivity contribution in [3.8, 4) is 0 Å². The minimum atomic E-state index is -3.85. The molecule has 0 amide bonds. The van der Waals surface area contributed by atoms with Crippen LogP contribution in [0.15, 0.2) is 23.1 Å². The fraction of sp³-hybridized carbons (Fsp3) is 0.500. The number of hydrogen-bond acceptors (Lipinski definition) is 5. The van der Waals surface area contributed by atoms with E-state index >= 15 is 0 Å². The number of hydrogen-bond donors (Lipinski definition) is 1. The SMILES string of the molecule is CCCC1(O)CN(S(=O)(=O)c2ccc([N+](=O)[O-])cc2Cl)C1. The maximum Gasteiger partial charge on any atom is 0.271 e. The Balaban J connectivity index is 2.24. The van der Waals surface area contributed by atoms with Crippen LogP contribution in [-0.2, 0) is 10.0 Å². The summed E-state index contributed by atoms with van der Waals surface area (Å²) in [7, 11) is -3.85. The molecule has 0 radical (unpaired) electrons. The van der Waals surface area contributed by atoms with E-state index in [1.54, 1.807) is 0 Å². The molecule has 1 fully saturated rings. The fourth-order valence-corrected chi connectivity index (χ4v) is 4.47. The number of benzene rings is 1. The molecule has 0 spiro atoms. The van der Waals surface area contributed by atoms with Gasteiger partial charge in [0.1, 0.15) is 4.90 Å². The zero-order valence-corrected chi connectivity index (χ0v) is 12.9. The minimum Gasteiger partial charge on any atom is -0.387 e. The Labute approximate surface area is 127 Å². The fourth-order valence-electron chi connectivity index (χ4n) is 2.36. The predicted molar refractivity (Wildman–Crippen MR) is 76.7 cm³/mol. The van der Waals surface area contributed by atoms with Crippen LogP contribution in [0.5, 0.6) is 0 Å². The van der Waals surface area contributed by atoms with Gasteiger partial charge in [0.25, 0.3) is 5.69 Å². The zero-order chi connectivity index (χ0) is 15.8. The van der Waals surface area contributed by atoms with Crippen LogP contribution in [0.2, 0.25) is 5.02 Å². The van der Waals surface area contributed by atoms with Crippen molar-refractivity contribution >= 4 is 27.3 Å². The molecule has 1 aliphatic rings. The van der Waals surface area contributed by atoms with Gasteiger partial charge in [-0.3, -0.25) is 10.1 Å². The average Bonchev–Trinajstić information content (AvgIpc) is 2.35.